The minimum Gasteiger partial charge on any atom is -0.377 e. The molecule has 2 heterocycles. The Morgan fingerprint density at radius 1 is 1.60 bits per heavy atom. The van der Waals surface area contributed by atoms with Gasteiger partial charge in [0, 0.05) is 12.4 Å². The van der Waals surface area contributed by atoms with Gasteiger partial charge in [-0.15, -0.1) is 11.8 Å². The topological polar surface area (TPSA) is 73.1 Å². The molecule has 5 nitrogen and oxygen atoms in total. The summed E-state index contributed by atoms with van der Waals surface area (Å²) in [6, 6.07) is 0. The number of hydrazine groups is 1. The number of nitrogens with zero attached hydrogens (tertiary/aromatic N) is 2. The van der Waals surface area contributed by atoms with Gasteiger partial charge in [-0.1, -0.05) is 0 Å². The summed E-state index contributed by atoms with van der Waals surface area (Å²) in [4.78, 5) is 8.30. The van der Waals surface area contributed by atoms with E-state index in [1.165, 1.54) is 6.42 Å². The lowest BCUT2D eigenvalue weighted by molar-refractivity contribution is 0.129. The Kier molecular flexibility index (Phi) is 3.76. The second-order valence-corrected chi connectivity index (χ2v) is 4.37. The van der Waals surface area contributed by atoms with Gasteiger partial charge in [-0.25, -0.2) is 10.8 Å². The highest BCUT2D eigenvalue weighted by molar-refractivity contribution is 7.99. The Hall–Kier alpha value is -0.850. The normalized spacial score (nSPS) is 20.5. The van der Waals surface area contributed by atoms with Gasteiger partial charge in [-0.05, 0) is 12.8 Å². The van der Waals surface area contributed by atoms with Crippen LogP contribution in [0.4, 0.5) is 5.82 Å². The molecule has 3 N–H and O–H groups in total. The molecule has 0 radical (unpaired) electrons. The standard InChI is InChI=1S/C9H14N4OS/c10-13-8-4-11-5-9(12-8)15-6-7-2-1-3-14-7/h4-5,7H,1-3,6,10H2,(H,12,13). The molecule has 1 aliphatic rings. The number of hydrogen-bond donors (Lipinski definition) is 2. The smallest absolute Gasteiger partial charge is 0.159 e. The molecule has 1 unspecified atom stereocenters. The molecule has 1 atom stereocenters. The molecule has 1 aromatic heterocycles. The van der Waals surface area contributed by atoms with Crippen molar-refractivity contribution in [2.75, 3.05) is 17.8 Å². The number of nitrogens with one attached hydrogen (secondary N) is 1. The highest BCUT2D eigenvalue weighted by Gasteiger charge is 2.15. The van der Waals surface area contributed by atoms with Crippen molar-refractivity contribution in [3.05, 3.63) is 12.4 Å². The van der Waals surface area contributed by atoms with Crippen molar-refractivity contribution in [1.29, 1.82) is 0 Å². The van der Waals surface area contributed by atoms with Crippen molar-refractivity contribution in [1.82, 2.24) is 9.97 Å². The van der Waals surface area contributed by atoms with E-state index in [9.17, 15) is 0 Å². The molecule has 2 rings (SSSR count). The fourth-order valence-corrected chi connectivity index (χ4v) is 2.36. The maximum absolute atomic E-state index is 5.52. The van der Waals surface area contributed by atoms with Gasteiger partial charge in [-0.2, -0.15) is 0 Å². The van der Waals surface area contributed by atoms with Crippen LogP contribution in [0, 0.1) is 0 Å². The molecule has 6 heteroatoms. The van der Waals surface area contributed by atoms with Crippen molar-refractivity contribution >= 4 is 17.6 Å². The SMILES string of the molecule is NNc1cncc(SCC2CCCO2)n1. The fraction of sp³-hybridized carbons (Fsp3) is 0.556. The number of ether oxygens (including phenoxy) is 1. The summed E-state index contributed by atoms with van der Waals surface area (Å²) in [5.41, 5.74) is 2.48. The van der Waals surface area contributed by atoms with E-state index < -0.39 is 0 Å². The summed E-state index contributed by atoms with van der Waals surface area (Å²) in [5.74, 6) is 6.77. The second kappa shape index (κ2) is 5.29. The van der Waals surface area contributed by atoms with Gasteiger partial charge in [0.05, 0.1) is 18.5 Å². The first-order valence-corrected chi connectivity index (χ1v) is 5.90. The largest absolute Gasteiger partial charge is 0.377 e. The second-order valence-electron chi connectivity index (χ2n) is 3.33. The molecule has 82 valence electrons. The van der Waals surface area contributed by atoms with Gasteiger partial charge in [0.1, 0.15) is 5.03 Å². The average Bonchev–Trinajstić information content (AvgIpc) is 2.79. The zero-order valence-corrected chi connectivity index (χ0v) is 9.17. The van der Waals surface area contributed by atoms with Crippen molar-refractivity contribution in [3.8, 4) is 0 Å². The van der Waals surface area contributed by atoms with Crippen molar-refractivity contribution in [3.63, 3.8) is 0 Å². The summed E-state index contributed by atoms with van der Waals surface area (Å²) in [6.07, 6.45) is 6.01. The number of nitrogen functional groups attached to an aromatic ring is 1. The Bertz CT molecular complexity index is 317. The maximum Gasteiger partial charge on any atom is 0.159 e. The lowest BCUT2D eigenvalue weighted by Crippen LogP contribution is -2.10. The molecule has 0 aliphatic carbocycles. The fourth-order valence-electron chi connectivity index (χ4n) is 1.44. The third-order valence-corrected chi connectivity index (χ3v) is 3.23. The first kappa shape index (κ1) is 10.7. The van der Waals surface area contributed by atoms with Gasteiger partial charge in [0.25, 0.3) is 0 Å². The minimum absolute atomic E-state index is 0.367. The summed E-state index contributed by atoms with van der Waals surface area (Å²) in [6.45, 7) is 0.890. The molecule has 1 fully saturated rings. The van der Waals surface area contributed by atoms with E-state index in [-0.39, 0.29) is 0 Å². The van der Waals surface area contributed by atoms with E-state index >= 15 is 0 Å². The monoisotopic (exact) mass is 226 g/mol. The molecular formula is C9H14N4OS. The van der Waals surface area contributed by atoms with Crippen LogP contribution in [0.15, 0.2) is 17.4 Å². The summed E-state index contributed by atoms with van der Waals surface area (Å²) < 4.78 is 5.52. The lowest BCUT2D eigenvalue weighted by atomic mass is 10.3. The predicted molar refractivity (Wildman–Crippen MR) is 59.5 cm³/mol. The average molecular weight is 226 g/mol. The number of hydrogen-bond acceptors (Lipinski definition) is 6. The van der Waals surface area contributed by atoms with E-state index in [2.05, 4.69) is 15.4 Å². The first-order valence-electron chi connectivity index (χ1n) is 4.91. The zero-order chi connectivity index (χ0) is 10.5. The van der Waals surface area contributed by atoms with Crippen LogP contribution in [0.25, 0.3) is 0 Å². The molecular weight excluding hydrogens is 212 g/mol. The Morgan fingerprint density at radius 3 is 3.27 bits per heavy atom. The Morgan fingerprint density at radius 2 is 2.53 bits per heavy atom. The van der Waals surface area contributed by atoms with Gasteiger partial charge in [0.2, 0.25) is 0 Å². The van der Waals surface area contributed by atoms with Crippen LogP contribution in [-0.4, -0.2) is 28.4 Å². The molecule has 0 spiro atoms. The van der Waals surface area contributed by atoms with Crippen molar-refractivity contribution in [2.45, 2.75) is 24.0 Å². The van der Waals surface area contributed by atoms with Crippen LogP contribution in [0.2, 0.25) is 0 Å². The Labute approximate surface area is 92.8 Å². The van der Waals surface area contributed by atoms with E-state index in [1.54, 1.807) is 24.2 Å². The van der Waals surface area contributed by atoms with E-state index in [0.717, 1.165) is 23.8 Å². The summed E-state index contributed by atoms with van der Waals surface area (Å²) in [7, 11) is 0. The van der Waals surface area contributed by atoms with Gasteiger partial charge in [0.15, 0.2) is 5.82 Å². The highest BCUT2D eigenvalue weighted by Crippen LogP contribution is 2.22. The molecule has 0 aromatic carbocycles. The Balaban J connectivity index is 1.86. The quantitative estimate of drug-likeness (QED) is 0.454. The van der Waals surface area contributed by atoms with E-state index in [4.69, 9.17) is 10.6 Å². The van der Waals surface area contributed by atoms with Crippen molar-refractivity contribution in [2.24, 2.45) is 5.84 Å². The molecule has 0 saturated carbocycles. The van der Waals surface area contributed by atoms with Crippen LogP contribution < -0.4 is 11.3 Å². The molecule has 1 saturated heterocycles. The van der Waals surface area contributed by atoms with Crippen LogP contribution in [0.5, 0.6) is 0 Å². The maximum atomic E-state index is 5.52. The van der Waals surface area contributed by atoms with Crippen molar-refractivity contribution < 1.29 is 4.74 Å². The molecule has 15 heavy (non-hydrogen) atoms. The first-order chi connectivity index (χ1) is 7.38. The zero-order valence-electron chi connectivity index (χ0n) is 8.35. The predicted octanol–water partition coefficient (Wildman–Crippen LogP) is 1.03. The van der Waals surface area contributed by atoms with Gasteiger partial charge >= 0.3 is 0 Å². The van der Waals surface area contributed by atoms with E-state index in [1.807, 2.05) is 0 Å². The summed E-state index contributed by atoms with van der Waals surface area (Å²) >= 11 is 1.65. The van der Waals surface area contributed by atoms with Gasteiger partial charge < -0.3 is 10.2 Å². The van der Waals surface area contributed by atoms with Crippen LogP contribution in [0.1, 0.15) is 12.8 Å². The highest BCUT2D eigenvalue weighted by atomic mass is 32.2. The van der Waals surface area contributed by atoms with Gasteiger partial charge in [-0.3, -0.25) is 4.98 Å². The van der Waals surface area contributed by atoms with Crippen LogP contribution in [-0.2, 0) is 4.74 Å². The minimum atomic E-state index is 0.367. The molecule has 0 bridgehead atoms. The number of thioether (sulfide) groups is 1. The molecule has 1 aromatic rings. The number of anilines is 1. The third kappa shape index (κ3) is 3.05. The van der Waals surface area contributed by atoms with Crippen LogP contribution >= 0.6 is 11.8 Å². The molecule has 1 aliphatic heterocycles. The molecule has 0 amide bonds. The number of rotatable bonds is 4. The third-order valence-electron chi connectivity index (χ3n) is 2.20. The van der Waals surface area contributed by atoms with Crippen LogP contribution in [0.3, 0.4) is 0 Å². The number of nitrogens with two attached hydrogens (primary N) is 1. The lowest BCUT2D eigenvalue weighted by Gasteiger charge is -2.08. The summed E-state index contributed by atoms with van der Waals surface area (Å²) in [5, 5.41) is 0.876. The number of aromatic nitrogens is 2. The van der Waals surface area contributed by atoms with E-state index in [0.29, 0.717) is 11.9 Å².